The SMILES string of the molecule is Cc1ccc2c(c1)C(O)C(C)C2C. The summed E-state index contributed by atoms with van der Waals surface area (Å²) in [5.41, 5.74) is 3.70. The summed E-state index contributed by atoms with van der Waals surface area (Å²) < 4.78 is 0. The molecular weight excluding hydrogens is 160 g/mol. The summed E-state index contributed by atoms with van der Waals surface area (Å²) in [6.45, 7) is 6.38. The van der Waals surface area contributed by atoms with E-state index in [1.165, 1.54) is 11.1 Å². The van der Waals surface area contributed by atoms with Gasteiger partial charge in [-0.15, -0.1) is 0 Å². The molecule has 0 spiro atoms. The Morgan fingerprint density at radius 1 is 1.15 bits per heavy atom. The van der Waals surface area contributed by atoms with Crippen LogP contribution >= 0.6 is 0 Å². The molecule has 1 N–H and O–H groups in total. The molecule has 0 saturated heterocycles. The van der Waals surface area contributed by atoms with Crippen molar-refractivity contribution in [2.75, 3.05) is 0 Å². The summed E-state index contributed by atoms with van der Waals surface area (Å²) in [5, 5.41) is 9.94. The second-order valence-corrected chi connectivity index (χ2v) is 4.23. The molecule has 0 heterocycles. The van der Waals surface area contributed by atoms with Gasteiger partial charge in [0.1, 0.15) is 0 Å². The number of fused-ring (bicyclic) bond motifs is 1. The largest absolute Gasteiger partial charge is 0.388 e. The third-order valence-electron chi connectivity index (χ3n) is 3.34. The molecule has 1 aromatic rings. The van der Waals surface area contributed by atoms with Crippen molar-refractivity contribution in [2.45, 2.75) is 32.8 Å². The molecule has 0 radical (unpaired) electrons. The van der Waals surface area contributed by atoms with Crippen LogP contribution in [-0.2, 0) is 0 Å². The quantitative estimate of drug-likeness (QED) is 0.644. The standard InChI is InChI=1S/C12H16O/c1-7-4-5-10-8(2)9(3)12(13)11(10)6-7/h4-6,8-9,12-13H,1-3H3. The summed E-state index contributed by atoms with van der Waals surface area (Å²) in [4.78, 5) is 0. The van der Waals surface area contributed by atoms with Crippen LogP contribution in [0.3, 0.4) is 0 Å². The highest BCUT2D eigenvalue weighted by molar-refractivity contribution is 5.40. The van der Waals surface area contributed by atoms with E-state index in [4.69, 9.17) is 0 Å². The van der Waals surface area contributed by atoms with E-state index in [0.717, 1.165) is 5.56 Å². The van der Waals surface area contributed by atoms with E-state index in [2.05, 4.69) is 39.0 Å². The summed E-state index contributed by atoms with van der Waals surface area (Å²) in [5.74, 6) is 0.849. The Morgan fingerprint density at radius 2 is 1.85 bits per heavy atom. The van der Waals surface area contributed by atoms with Crippen molar-refractivity contribution in [1.82, 2.24) is 0 Å². The summed E-state index contributed by atoms with van der Waals surface area (Å²) in [6.07, 6.45) is -0.259. The van der Waals surface area contributed by atoms with E-state index in [-0.39, 0.29) is 6.10 Å². The van der Waals surface area contributed by atoms with Gasteiger partial charge in [0, 0.05) is 0 Å². The van der Waals surface area contributed by atoms with Gasteiger partial charge in [0.2, 0.25) is 0 Å². The zero-order valence-electron chi connectivity index (χ0n) is 8.41. The topological polar surface area (TPSA) is 20.2 Å². The number of aryl methyl sites for hydroxylation is 1. The molecule has 1 aromatic carbocycles. The minimum atomic E-state index is -0.259. The maximum atomic E-state index is 9.94. The molecule has 3 unspecified atom stereocenters. The highest BCUT2D eigenvalue weighted by Crippen LogP contribution is 2.44. The Labute approximate surface area is 79.4 Å². The lowest BCUT2D eigenvalue weighted by molar-refractivity contribution is 0.123. The van der Waals surface area contributed by atoms with Gasteiger partial charge >= 0.3 is 0 Å². The average molecular weight is 176 g/mol. The van der Waals surface area contributed by atoms with Gasteiger partial charge < -0.3 is 5.11 Å². The lowest BCUT2D eigenvalue weighted by Gasteiger charge is -2.12. The van der Waals surface area contributed by atoms with Gasteiger partial charge in [-0.1, -0.05) is 37.6 Å². The maximum Gasteiger partial charge on any atom is 0.0824 e. The molecule has 0 bridgehead atoms. The first-order valence-corrected chi connectivity index (χ1v) is 4.89. The Kier molecular flexibility index (Phi) is 1.92. The second-order valence-electron chi connectivity index (χ2n) is 4.23. The first kappa shape index (κ1) is 8.76. The first-order chi connectivity index (χ1) is 6.11. The van der Waals surface area contributed by atoms with Crippen LogP contribution in [0.25, 0.3) is 0 Å². The minimum Gasteiger partial charge on any atom is -0.388 e. The van der Waals surface area contributed by atoms with Crippen LogP contribution in [-0.4, -0.2) is 5.11 Å². The molecule has 0 aromatic heterocycles. The zero-order chi connectivity index (χ0) is 9.59. The van der Waals surface area contributed by atoms with Crippen molar-refractivity contribution >= 4 is 0 Å². The Morgan fingerprint density at radius 3 is 2.54 bits per heavy atom. The van der Waals surface area contributed by atoms with E-state index in [9.17, 15) is 5.11 Å². The van der Waals surface area contributed by atoms with Crippen molar-refractivity contribution < 1.29 is 5.11 Å². The molecule has 1 nitrogen and oxygen atoms in total. The molecule has 3 atom stereocenters. The molecule has 70 valence electrons. The van der Waals surface area contributed by atoms with Crippen LogP contribution < -0.4 is 0 Å². The number of rotatable bonds is 0. The van der Waals surface area contributed by atoms with Crippen molar-refractivity contribution in [3.05, 3.63) is 34.9 Å². The van der Waals surface area contributed by atoms with Crippen LogP contribution in [0.15, 0.2) is 18.2 Å². The van der Waals surface area contributed by atoms with Crippen LogP contribution in [0, 0.1) is 12.8 Å². The van der Waals surface area contributed by atoms with Gasteiger partial charge in [0.15, 0.2) is 0 Å². The highest BCUT2D eigenvalue weighted by Gasteiger charge is 2.33. The van der Waals surface area contributed by atoms with Crippen LogP contribution in [0.5, 0.6) is 0 Å². The second kappa shape index (κ2) is 2.85. The fraction of sp³-hybridized carbons (Fsp3) is 0.500. The molecule has 1 aliphatic carbocycles. The van der Waals surface area contributed by atoms with E-state index in [0.29, 0.717) is 11.8 Å². The normalized spacial score (nSPS) is 31.8. The third-order valence-corrected chi connectivity index (χ3v) is 3.34. The first-order valence-electron chi connectivity index (χ1n) is 4.89. The van der Waals surface area contributed by atoms with Gasteiger partial charge in [0.25, 0.3) is 0 Å². The van der Waals surface area contributed by atoms with Gasteiger partial charge in [-0.25, -0.2) is 0 Å². The lowest BCUT2D eigenvalue weighted by Crippen LogP contribution is -2.04. The van der Waals surface area contributed by atoms with Gasteiger partial charge in [0.05, 0.1) is 6.10 Å². The van der Waals surface area contributed by atoms with Crippen molar-refractivity contribution in [3.8, 4) is 0 Å². The molecule has 0 saturated carbocycles. The van der Waals surface area contributed by atoms with E-state index in [1.807, 2.05) is 0 Å². The number of benzene rings is 1. The number of aliphatic hydroxyl groups is 1. The van der Waals surface area contributed by atoms with E-state index in [1.54, 1.807) is 0 Å². The Hall–Kier alpha value is -0.820. The fourth-order valence-corrected chi connectivity index (χ4v) is 2.20. The van der Waals surface area contributed by atoms with Crippen molar-refractivity contribution in [2.24, 2.45) is 5.92 Å². The van der Waals surface area contributed by atoms with Gasteiger partial charge in [-0.05, 0) is 29.9 Å². The predicted molar refractivity (Wildman–Crippen MR) is 53.7 cm³/mol. The highest BCUT2D eigenvalue weighted by atomic mass is 16.3. The maximum absolute atomic E-state index is 9.94. The molecule has 2 rings (SSSR count). The lowest BCUT2D eigenvalue weighted by atomic mass is 9.96. The van der Waals surface area contributed by atoms with E-state index < -0.39 is 0 Å². The number of hydrogen-bond acceptors (Lipinski definition) is 1. The summed E-state index contributed by atoms with van der Waals surface area (Å²) in [7, 11) is 0. The molecule has 0 aliphatic heterocycles. The van der Waals surface area contributed by atoms with Crippen LogP contribution in [0.2, 0.25) is 0 Å². The van der Waals surface area contributed by atoms with Crippen LogP contribution in [0.4, 0.5) is 0 Å². The molecule has 1 heteroatoms. The molecular formula is C12H16O. The summed E-state index contributed by atoms with van der Waals surface area (Å²) in [6, 6.07) is 6.39. The molecule has 13 heavy (non-hydrogen) atoms. The van der Waals surface area contributed by atoms with Crippen molar-refractivity contribution in [1.29, 1.82) is 0 Å². The molecule has 1 aliphatic rings. The average Bonchev–Trinajstić information content (AvgIpc) is 2.32. The van der Waals surface area contributed by atoms with Crippen molar-refractivity contribution in [3.63, 3.8) is 0 Å². The minimum absolute atomic E-state index is 0.259. The number of aliphatic hydroxyl groups excluding tert-OH is 1. The van der Waals surface area contributed by atoms with Gasteiger partial charge in [-0.2, -0.15) is 0 Å². The third kappa shape index (κ3) is 1.19. The smallest absolute Gasteiger partial charge is 0.0824 e. The van der Waals surface area contributed by atoms with Gasteiger partial charge in [-0.3, -0.25) is 0 Å². The predicted octanol–water partition coefficient (Wildman–Crippen LogP) is 2.78. The monoisotopic (exact) mass is 176 g/mol. The zero-order valence-corrected chi connectivity index (χ0v) is 8.41. The van der Waals surface area contributed by atoms with E-state index >= 15 is 0 Å². The number of hydrogen-bond donors (Lipinski definition) is 1. The van der Waals surface area contributed by atoms with Crippen LogP contribution in [0.1, 0.15) is 42.6 Å². The summed E-state index contributed by atoms with van der Waals surface area (Å²) >= 11 is 0. The Balaban J connectivity index is 2.54. The molecule has 0 amide bonds. The fourth-order valence-electron chi connectivity index (χ4n) is 2.20. The Bertz CT molecular complexity index is 330. The molecule has 0 fully saturated rings.